The second kappa shape index (κ2) is 8.13. The van der Waals surface area contributed by atoms with E-state index in [1.54, 1.807) is 0 Å². The Bertz CT molecular complexity index is 211. The van der Waals surface area contributed by atoms with Crippen molar-refractivity contribution in [3.63, 3.8) is 0 Å². The molecule has 1 fully saturated rings. The van der Waals surface area contributed by atoms with E-state index < -0.39 is 0 Å². The van der Waals surface area contributed by atoms with Gasteiger partial charge in [0, 0.05) is 25.2 Å². The van der Waals surface area contributed by atoms with Gasteiger partial charge in [0.15, 0.2) is 0 Å². The molecule has 0 spiro atoms. The SMILES string of the molecule is CC(CC1CCCCCN1)NCC(C)(C)CCO. The molecule has 1 aliphatic rings. The molecule has 0 aromatic carbocycles. The molecule has 0 aromatic heterocycles. The molecular weight excluding hydrogens is 224 g/mol. The summed E-state index contributed by atoms with van der Waals surface area (Å²) in [7, 11) is 0. The van der Waals surface area contributed by atoms with E-state index in [2.05, 4.69) is 31.4 Å². The van der Waals surface area contributed by atoms with Crippen LogP contribution >= 0.6 is 0 Å². The maximum Gasteiger partial charge on any atom is 0.0436 e. The van der Waals surface area contributed by atoms with Crippen LogP contribution in [-0.2, 0) is 0 Å². The van der Waals surface area contributed by atoms with Gasteiger partial charge in [-0.3, -0.25) is 0 Å². The molecule has 2 atom stereocenters. The third-order valence-electron chi connectivity index (χ3n) is 4.02. The van der Waals surface area contributed by atoms with Gasteiger partial charge < -0.3 is 15.7 Å². The normalized spacial score (nSPS) is 23.7. The highest BCUT2D eigenvalue weighted by Crippen LogP contribution is 2.19. The van der Waals surface area contributed by atoms with Crippen molar-refractivity contribution in [1.29, 1.82) is 0 Å². The minimum atomic E-state index is 0.194. The number of hydrogen-bond acceptors (Lipinski definition) is 3. The van der Waals surface area contributed by atoms with Crippen LogP contribution in [0.1, 0.15) is 59.3 Å². The van der Waals surface area contributed by atoms with Crippen LogP contribution in [0.25, 0.3) is 0 Å². The van der Waals surface area contributed by atoms with E-state index in [0.29, 0.717) is 12.1 Å². The summed E-state index contributed by atoms with van der Waals surface area (Å²) in [5, 5.41) is 16.3. The minimum Gasteiger partial charge on any atom is -0.396 e. The highest BCUT2D eigenvalue weighted by Gasteiger charge is 2.19. The predicted octanol–water partition coefficient (Wildman–Crippen LogP) is 2.30. The second-order valence-electron chi connectivity index (χ2n) is 6.66. The lowest BCUT2D eigenvalue weighted by Crippen LogP contribution is -2.40. The molecule has 3 nitrogen and oxygen atoms in total. The lowest BCUT2D eigenvalue weighted by molar-refractivity contribution is 0.201. The summed E-state index contributed by atoms with van der Waals surface area (Å²) in [5.74, 6) is 0. The van der Waals surface area contributed by atoms with Crippen molar-refractivity contribution in [3.8, 4) is 0 Å². The van der Waals surface area contributed by atoms with Crippen LogP contribution in [0.2, 0.25) is 0 Å². The van der Waals surface area contributed by atoms with Gasteiger partial charge in [-0.15, -0.1) is 0 Å². The molecule has 0 radical (unpaired) electrons. The molecular formula is C15H32N2O. The van der Waals surface area contributed by atoms with Crippen LogP contribution in [0, 0.1) is 5.41 Å². The van der Waals surface area contributed by atoms with Crippen molar-refractivity contribution in [2.75, 3.05) is 19.7 Å². The van der Waals surface area contributed by atoms with Gasteiger partial charge >= 0.3 is 0 Å². The lowest BCUT2D eigenvalue weighted by atomic mass is 9.89. The van der Waals surface area contributed by atoms with Gasteiger partial charge in [0.05, 0.1) is 0 Å². The highest BCUT2D eigenvalue weighted by molar-refractivity contribution is 4.78. The fourth-order valence-corrected chi connectivity index (χ4v) is 2.65. The minimum absolute atomic E-state index is 0.194. The van der Waals surface area contributed by atoms with Crippen LogP contribution in [0.15, 0.2) is 0 Å². The molecule has 3 N–H and O–H groups in total. The summed E-state index contributed by atoms with van der Waals surface area (Å²) in [6.45, 7) is 9.17. The summed E-state index contributed by atoms with van der Waals surface area (Å²) < 4.78 is 0. The van der Waals surface area contributed by atoms with Crippen molar-refractivity contribution in [2.45, 2.75) is 71.4 Å². The first-order chi connectivity index (χ1) is 8.53. The summed E-state index contributed by atoms with van der Waals surface area (Å²) in [6.07, 6.45) is 7.51. The molecule has 0 aliphatic carbocycles. The monoisotopic (exact) mass is 256 g/mol. The molecule has 18 heavy (non-hydrogen) atoms. The van der Waals surface area contributed by atoms with Crippen molar-refractivity contribution in [3.05, 3.63) is 0 Å². The fraction of sp³-hybridized carbons (Fsp3) is 1.00. The standard InChI is InChI=1S/C15H32N2O/c1-13(17-12-15(2,3)8-10-18)11-14-7-5-4-6-9-16-14/h13-14,16-18H,4-12H2,1-3H3. The molecule has 0 aromatic rings. The first kappa shape index (κ1) is 15.9. The predicted molar refractivity (Wildman–Crippen MR) is 77.8 cm³/mol. The average molecular weight is 256 g/mol. The Morgan fingerprint density at radius 2 is 2.11 bits per heavy atom. The molecule has 1 rings (SSSR count). The molecule has 2 unspecified atom stereocenters. The fourth-order valence-electron chi connectivity index (χ4n) is 2.65. The first-order valence-corrected chi connectivity index (χ1v) is 7.61. The smallest absolute Gasteiger partial charge is 0.0436 e. The molecule has 0 amide bonds. The molecule has 1 heterocycles. The zero-order valence-corrected chi connectivity index (χ0v) is 12.5. The van der Waals surface area contributed by atoms with E-state index in [1.165, 1.54) is 38.6 Å². The number of rotatable bonds is 7. The van der Waals surface area contributed by atoms with Gasteiger partial charge in [-0.05, 0) is 44.6 Å². The maximum absolute atomic E-state index is 9.02. The molecule has 1 saturated heterocycles. The van der Waals surface area contributed by atoms with Crippen molar-refractivity contribution >= 4 is 0 Å². The first-order valence-electron chi connectivity index (χ1n) is 7.61. The molecule has 0 bridgehead atoms. The lowest BCUT2D eigenvalue weighted by Gasteiger charge is -2.28. The Morgan fingerprint density at radius 3 is 2.83 bits per heavy atom. The van der Waals surface area contributed by atoms with Gasteiger partial charge in [0.25, 0.3) is 0 Å². The third-order valence-corrected chi connectivity index (χ3v) is 4.02. The van der Waals surface area contributed by atoms with E-state index in [1.807, 2.05) is 0 Å². The van der Waals surface area contributed by atoms with E-state index in [9.17, 15) is 0 Å². The second-order valence-corrected chi connectivity index (χ2v) is 6.66. The Labute approximate surface area is 113 Å². The Kier molecular flexibility index (Phi) is 7.20. The van der Waals surface area contributed by atoms with E-state index >= 15 is 0 Å². The van der Waals surface area contributed by atoms with Crippen LogP contribution in [0.4, 0.5) is 0 Å². The molecule has 0 saturated carbocycles. The largest absolute Gasteiger partial charge is 0.396 e. The third kappa shape index (κ3) is 6.72. The summed E-state index contributed by atoms with van der Waals surface area (Å²) in [5.41, 5.74) is 0.194. The number of nitrogens with one attached hydrogen (secondary N) is 2. The number of hydrogen-bond donors (Lipinski definition) is 3. The Hall–Kier alpha value is -0.120. The summed E-state index contributed by atoms with van der Waals surface area (Å²) in [4.78, 5) is 0. The zero-order valence-electron chi connectivity index (χ0n) is 12.5. The highest BCUT2D eigenvalue weighted by atomic mass is 16.3. The van der Waals surface area contributed by atoms with E-state index in [-0.39, 0.29) is 12.0 Å². The molecule has 108 valence electrons. The van der Waals surface area contributed by atoms with Gasteiger partial charge in [0.1, 0.15) is 0 Å². The quantitative estimate of drug-likeness (QED) is 0.655. The number of aliphatic hydroxyl groups excluding tert-OH is 1. The van der Waals surface area contributed by atoms with Gasteiger partial charge in [-0.2, -0.15) is 0 Å². The van der Waals surface area contributed by atoms with E-state index in [0.717, 1.165) is 13.0 Å². The van der Waals surface area contributed by atoms with Gasteiger partial charge in [-0.25, -0.2) is 0 Å². The average Bonchev–Trinajstić information content (AvgIpc) is 2.55. The number of aliphatic hydroxyl groups is 1. The Morgan fingerprint density at radius 1 is 1.33 bits per heavy atom. The summed E-state index contributed by atoms with van der Waals surface area (Å²) in [6, 6.07) is 1.24. The van der Waals surface area contributed by atoms with Crippen LogP contribution in [0.5, 0.6) is 0 Å². The topological polar surface area (TPSA) is 44.3 Å². The van der Waals surface area contributed by atoms with Gasteiger partial charge in [0.2, 0.25) is 0 Å². The summed E-state index contributed by atoms with van der Waals surface area (Å²) >= 11 is 0. The van der Waals surface area contributed by atoms with Crippen LogP contribution in [0.3, 0.4) is 0 Å². The maximum atomic E-state index is 9.02. The molecule has 1 aliphatic heterocycles. The van der Waals surface area contributed by atoms with Crippen LogP contribution in [-0.4, -0.2) is 36.9 Å². The van der Waals surface area contributed by atoms with Gasteiger partial charge in [-0.1, -0.05) is 26.7 Å². The Balaban J connectivity index is 2.21. The van der Waals surface area contributed by atoms with Crippen molar-refractivity contribution in [1.82, 2.24) is 10.6 Å². The van der Waals surface area contributed by atoms with Crippen LogP contribution < -0.4 is 10.6 Å². The van der Waals surface area contributed by atoms with Crippen molar-refractivity contribution in [2.24, 2.45) is 5.41 Å². The molecule has 3 heteroatoms. The zero-order chi connectivity index (χ0) is 13.4. The van der Waals surface area contributed by atoms with E-state index in [4.69, 9.17) is 5.11 Å². The van der Waals surface area contributed by atoms with Crippen molar-refractivity contribution < 1.29 is 5.11 Å².